The van der Waals surface area contributed by atoms with Crippen LogP contribution in [0, 0.1) is 29.1 Å². The third-order valence-corrected chi connectivity index (χ3v) is 6.62. The lowest BCUT2D eigenvalue weighted by molar-refractivity contribution is 0.0266. The van der Waals surface area contributed by atoms with Gasteiger partial charge in [0.1, 0.15) is 0 Å². The molecule has 116 valence electrons. The van der Waals surface area contributed by atoms with E-state index in [1.807, 2.05) is 0 Å². The van der Waals surface area contributed by atoms with Crippen LogP contribution in [0.15, 0.2) is 0 Å². The van der Waals surface area contributed by atoms with Crippen LogP contribution < -0.4 is 5.73 Å². The van der Waals surface area contributed by atoms with Crippen LogP contribution in [0.3, 0.4) is 0 Å². The lowest BCUT2D eigenvalue weighted by Crippen LogP contribution is -2.50. The molecule has 2 N–H and O–H groups in total. The van der Waals surface area contributed by atoms with Gasteiger partial charge in [0.25, 0.3) is 0 Å². The minimum Gasteiger partial charge on any atom is -0.327 e. The van der Waals surface area contributed by atoms with Gasteiger partial charge in [-0.05, 0) is 67.6 Å². The third-order valence-electron chi connectivity index (χ3n) is 6.62. The van der Waals surface area contributed by atoms with Gasteiger partial charge in [-0.1, -0.05) is 20.8 Å². The lowest BCUT2D eigenvalue weighted by Gasteiger charge is -2.48. The van der Waals surface area contributed by atoms with Gasteiger partial charge in [-0.15, -0.1) is 0 Å². The monoisotopic (exact) mass is 278 g/mol. The molecule has 2 nitrogen and oxygen atoms in total. The fourth-order valence-electron chi connectivity index (χ4n) is 4.13. The van der Waals surface area contributed by atoms with Gasteiger partial charge in [0.05, 0.1) is 0 Å². The van der Waals surface area contributed by atoms with Gasteiger partial charge in [-0.3, -0.25) is 0 Å². The minimum absolute atomic E-state index is 0.406. The van der Waals surface area contributed by atoms with Crippen molar-refractivity contribution in [2.75, 3.05) is 19.6 Å². The second kappa shape index (κ2) is 5.61. The minimum atomic E-state index is 0.406. The Labute approximate surface area is 125 Å². The van der Waals surface area contributed by atoms with Gasteiger partial charge in [0.2, 0.25) is 0 Å². The highest BCUT2D eigenvalue weighted by Crippen LogP contribution is 2.45. The Balaban J connectivity index is 1.60. The maximum absolute atomic E-state index is 6.31. The molecule has 20 heavy (non-hydrogen) atoms. The number of hydrogen-bond acceptors (Lipinski definition) is 2. The molecule has 3 rings (SSSR count). The smallest absolute Gasteiger partial charge is 0.00698 e. The lowest BCUT2D eigenvalue weighted by atomic mass is 9.61. The Morgan fingerprint density at radius 3 is 1.95 bits per heavy atom. The first-order chi connectivity index (χ1) is 9.46. The van der Waals surface area contributed by atoms with Crippen LogP contribution in [0.5, 0.6) is 0 Å². The molecule has 0 aliphatic heterocycles. The van der Waals surface area contributed by atoms with Crippen LogP contribution >= 0.6 is 0 Å². The average molecular weight is 278 g/mol. The topological polar surface area (TPSA) is 29.3 Å². The molecule has 0 bridgehead atoms. The van der Waals surface area contributed by atoms with Crippen molar-refractivity contribution in [3.05, 3.63) is 0 Å². The Hall–Kier alpha value is -0.0800. The third kappa shape index (κ3) is 3.39. The standard InChI is InChI=1S/C18H34N2/c1-13-17(19)9-8-16(18(13,2)3)12-20(10-14-4-5-14)11-15-6-7-15/h13-17H,4-12,19H2,1-3H3. The summed E-state index contributed by atoms with van der Waals surface area (Å²) in [5, 5.41) is 0. The summed E-state index contributed by atoms with van der Waals surface area (Å²) in [6, 6.07) is 0.418. The summed E-state index contributed by atoms with van der Waals surface area (Å²) in [6.45, 7) is 11.4. The molecule has 0 aromatic rings. The highest BCUT2D eigenvalue weighted by atomic mass is 15.1. The molecule has 3 unspecified atom stereocenters. The molecule has 0 radical (unpaired) electrons. The van der Waals surface area contributed by atoms with Crippen molar-refractivity contribution < 1.29 is 0 Å². The largest absolute Gasteiger partial charge is 0.327 e. The first-order valence-corrected chi connectivity index (χ1v) is 8.94. The Kier molecular flexibility index (Phi) is 4.16. The molecule has 0 aromatic carbocycles. The van der Waals surface area contributed by atoms with E-state index in [0.717, 1.165) is 17.8 Å². The van der Waals surface area contributed by atoms with Crippen LogP contribution in [-0.4, -0.2) is 30.6 Å². The predicted octanol–water partition coefficient (Wildman–Crippen LogP) is 3.51. The summed E-state index contributed by atoms with van der Waals surface area (Å²) >= 11 is 0. The van der Waals surface area contributed by atoms with Crippen LogP contribution in [0.1, 0.15) is 59.3 Å². The molecule has 0 spiro atoms. The van der Waals surface area contributed by atoms with Crippen LogP contribution in [0.25, 0.3) is 0 Å². The van der Waals surface area contributed by atoms with Gasteiger partial charge in [-0.25, -0.2) is 0 Å². The number of nitrogens with two attached hydrogens (primary N) is 1. The first kappa shape index (κ1) is 14.8. The second-order valence-corrected chi connectivity index (χ2v) is 8.65. The van der Waals surface area contributed by atoms with E-state index in [0.29, 0.717) is 17.4 Å². The van der Waals surface area contributed by atoms with Crippen LogP contribution in [0.2, 0.25) is 0 Å². The maximum atomic E-state index is 6.31. The van der Waals surface area contributed by atoms with Crippen molar-refractivity contribution in [1.29, 1.82) is 0 Å². The van der Waals surface area contributed by atoms with E-state index in [2.05, 4.69) is 25.7 Å². The molecule has 0 heterocycles. The van der Waals surface area contributed by atoms with E-state index in [1.54, 1.807) is 0 Å². The summed E-state index contributed by atoms with van der Waals surface area (Å²) in [7, 11) is 0. The van der Waals surface area contributed by atoms with Gasteiger partial charge in [0, 0.05) is 25.7 Å². The zero-order valence-electron chi connectivity index (χ0n) is 13.8. The summed E-state index contributed by atoms with van der Waals surface area (Å²) in [5.41, 5.74) is 6.72. The zero-order valence-corrected chi connectivity index (χ0v) is 13.8. The van der Waals surface area contributed by atoms with Crippen molar-refractivity contribution in [3.8, 4) is 0 Å². The molecule has 3 fully saturated rings. The molecule has 3 saturated carbocycles. The number of hydrogen-bond donors (Lipinski definition) is 1. The van der Waals surface area contributed by atoms with Crippen molar-refractivity contribution in [3.63, 3.8) is 0 Å². The number of rotatable bonds is 6. The second-order valence-electron chi connectivity index (χ2n) is 8.65. The molecule has 3 aliphatic carbocycles. The van der Waals surface area contributed by atoms with Gasteiger partial charge in [0.15, 0.2) is 0 Å². The van der Waals surface area contributed by atoms with Crippen molar-refractivity contribution in [2.24, 2.45) is 34.8 Å². The normalized spacial score (nSPS) is 37.4. The fraction of sp³-hybridized carbons (Fsp3) is 1.00. The highest BCUT2D eigenvalue weighted by molar-refractivity contribution is 4.95. The van der Waals surface area contributed by atoms with Gasteiger partial charge >= 0.3 is 0 Å². The van der Waals surface area contributed by atoms with E-state index in [9.17, 15) is 0 Å². The first-order valence-electron chi connectivity index (χ1n) is 8.94. The maximum Gasteiger partial charge on any atom is 0.00698 e. The predicted molar refractivity (Wildman–Crippen MR) is 85.5 cm³/mol. The zero-order chi connectivity index (χ0) is 14.3. The summed E-state index contributed by atoms with van der Waals surface area (Å²) in [6.07, 6.45) is 8.50. The Morgan fingerprint density at radius 1 is 0.900 bits per heavy atom. The summed E-state index contributed by atoms with van der Waals surface area (Å²) in [4.78, 5) is 2.82. The van der Waals surface area contributed by atoms with Crippen LogP contribution in [0.4, 0.5) is 0 Å². The molecule has 3 aliphatic rings. The van der Waals surface area contributed by atoms with E-state index in [-0.39, 0.29) is 0 Å². The molecular weight excluding hydrogens is 244 g/mol. The summed E-state index contributed by atoms with van der Waals surface area (Å²) < 4.78 is 0. The van der Waals surface area contributed by atoms with E-state index >= 15 is 0 Å². The van der Waals surface area contributed by atoms with E-state index in [1.165, 1.54) is 58.2 Å². The van der Waals surface area contributed by atoms with Gasteiger partial charge in [-0.2, -0.15) is 0 Å². The molecule has 3 atom stereocenters. The van der Waals surface area contributed by atoms with E-state index in [4.69, 9.17) is 5.73 Å². The van der Waals surface area contributed by atoms with Crippen molar-refractivity contribution in [2.45, 2.75) is 65.3 Å². The highest BCUT2D eigenvalue weighted by Gasteiger charge is 2.42. The van der Waals surface area contributed by atoms with Crippen LogP contribution in [-0.2, 0) is 0 Å². The Bertz CT molecular complexity index is 316. The SMILES string of the molecule is CC1C(N)CCC(CN(CC2CC2)CC2CC2)C1(C)C. The molecule has 0 amide bonds. The fourth-order valence-corrected chi connectivity index (χ4v) is 4.13. The summed E-state index contributed by atoms with van der Waals surface area (Å²) in [5.74, 6) is 3.56. The molecular formula is C18H34N2. The quantitative estimate of drug-likeness (QED) is 0.805. The molecule has 0 aromatic heterocycles. The molecule has 2 heteroatoms. The van der Waals surface area contributed by atoms with E-state index < -0.39 is 0 Å². The molecule has 0 saturated heterocycles. The average Bonchev–Trinajstić information content (AvgIpc) is 3.26. The number of nitrogens with zero attached hydrogens (tertiary/aromatic N) is 1. The van der Waals surface area contributed by atoms with Crippen molar-refractivity contribution in [1.82, 2.24) is 4.90 Å². The Morgan fingerprint density at radius 2 is 1.45 bits per heavy atom. The van der Waals surface area contributed by atoms with Gasteiger partial charge < -0.3 is 10.6 Å². The van der Waals surface area contributed by atoms with Crippen molar-refractivity contribution >= 4 is 0 Å².